The lowest BCUT2D eigenvalue weighted by molar-refractivity contribution is 0.0925. The van der Waals surface area contributed by atoms with Crippen LogP contribution in [0.3, 0.4) is 0 Å². The first-order chi connectivity index (χ1) is 8.69. The van der Waals surface area contributed by atoms with E-state index in [2.05, 4.69) is 15.9 Å². The summed E-state index contributed by atoms with van der Waals surface area (Å²) in [6, 6.07) is 10.3. The molecule has 2 rings (SSSR count). The number of ether oxygens (including phenoxy) is 1. The van der Waals surface area contributed by atoms with Gasteiger partial charge in [0.25, 0.3) is 0 Å². The fourth-order valence-corrected chi connectivity index (χ4v) is 2.67. The minimum atomic E-state index is -0.0813. The summed E-state index contributed by atoms with van der Waals surface area (Å²) in [5.74, 6) is 0.436. The van der Waals surface area contributed by atoms with E-state index in [4.69, 9.17) is 4.74 Å². The average Bonchev–Trinajstić information content (AvgIpc) is 2.83. The number of benzene rings is 1. The van der Waals surface area contributed by atoms with E-state index < -0.39 is 0 Å². The van der Waals surface area contributed by atoms with Crippen molar-refractivity contribution in [3.05, 3.63) is 50.6 Å². The number of halogens is 1. The van der Waals surface area contributed by atoms with Gasteiger partial charge in [0.15, 0.2) is 6.61 Å². The van der Waals surface area contributed by atoms with E-state index >= 15 is 0 Å². The van der Waals surface area contributed by atoms with Gasteiger partial charge in [-0.2, -0.15) is 0 Å². The smallest absolute Gasteiger partial charge is 0.210 e. The maximum Gasteiger partial charge on any atom is 0.210 e. The third-order valence-corrected chi connectivity index (χ3v) is 3.88. The molecule has 2 aromatic rings. The molecule has 0 aliphatic rings. The van der Waals surface area contributed by atoms with Gasteiger partial charge in [-0.05, 0) is 40.2 Å². The minimum Gasteiger partial charge on any atom is -0.485 e. The highest BCUT2D eigenvalue weighted by molar-refractivity contribution is 9.11. The lowest BCUT2D eigenvalue weighted by Gasteiger charge is -2.04. The molecule has 0 spiro atoms. The Morgan fingerprint density at radius 2 is 2.17 bits per heavy atom. The molecular weight excluding hydrogens is 316 g/mol. The predicted molar refractivity (Wildman–Crippen MR) is 73.7 cm³/mol. The highest BCUT2D eigenvalue weighted by atomic mass is 79.9. The average molecular weight is 325 g/mol. The highest BCUT2D eigenvalue weighted by Crippen LogP contribution is 2.22. The minimum absolute atomic E-state index is 0.0325. The second kappa shape index (κ2) is 5.93. The molecule has 1 aromatic heterocycles. The Bertz CT molecular complexity index is 577. The summed E-state index contributed by atoms with van der Waals surface area (Å²) in [6.45, 7) is -0.0325. The number of aldehydes is 1. The van der Waals surface area contributed by atoms with Crippen molar-refractivity contribution in [1.29, 1.82) is 0 Å². The van der Waals surface area contributed by atoms with Crippen LogP contribution in [0, 0.1) is 0 Å². The van der Waals surface area contributed by atoms with Crippen molar-refractivity contribution in [3.63, 3.8) is 0 Å². The van der Waals surface area contributed by atoms with Gasteiger partial charge in [0.05, 0.1) is 8.66 Å². The molecule has 0 saturated heterocycles. The summed E-state index contributed by atoms with van der Waals surface area (Å²) < 4.78 is 6.27. The van der Waals surface area contributed by atoms with Crippen molar-refractivity contribution in [2.45, 2.75) is 0 Å². The van der Waals surface area contributed by atoms with Gasteiger partial charge in [0, 0.05) is 5.56 Å². The largest absolute Gasteiger partial charge is 0.485 e. The lowest BCUT2D eigenvalue weighted by atomic mass is 10.2. The van der Waals surface area contributed by atoms with Crippen LogP contribution in [0.1, 0.15) is 20.0 Å². The van der Waals surface area contributed by atoms with Gasteiger partial charge in [0.2, 0.25) is 5.78 Å². The number of hydrogen-bond acceptors (Lipinski definition) is 4. The van der Waals surface area contributed by atoms with Crippen molar-refractivity contribution in [2.75, 3.05) is 6.61 Å². The Morgan fingerprint density at radius 3 is 2.83 bits per heavy atom. The summed E-state index contributed by atoms with van der Waals surface area (Å²) in [7, 11) is 0. The van der Waals surface area contributed by atoms with Crippen LogP contribution in [0.25, 0.3) is 0 Å². The van der Waals surface area contributed by atoms with Crippen LogP contribution in [0.15, 0.2) is 40.2 Å². The molecule has 0 radical (unpaired) electrons. The Hall–Kier alpha value is -1.46. The zero-order valence-electron chi connectivity index (χ0n) is 9.26. The summed E-state index contributed by atoms with van der Waals surface area (Å²) in [5, 5.41) is 0. The first kappa shape index (κ1) is 13.0. The number of carbonyl (C=O) groups excluding carboxylic acids is 2. The molecule has 0 aliphatic heterocycles. The molecule has 0 unspecified atom stereocenters. The van der Waals surface area contributed by atoms with E-state index in [0.29, 0.717) is 16.2 Å². The normalized spacial score (nSPS) is 10.1. The number of rotatable bonds is 5. The molecule has 1 heterocycles. The van der Waals surface area contributed by atoms with Crippen LogP contribution in [0.5, 0.6) is 5.75 Å². The number of thiophene rings is 1. The zero-order chi connectivity index (χ0) is 13.0. The van der Waals surface area contributed by atoms with Crippen molar-refractivity contribution < 1.29 is 14.3 Å². The fourth-order valence-electron chi connectivity index (χ4n) is 1.36. The molecule has 5 heteroatoms. The molecule has 3 nitrogen and oxygen atoms in total. The highest BCUT2D eigenvalue weighted by Gasteiger charge is 2.09. The monoisotopic (exact) mass is 324 g/mol. The van der Waals surface area contributed by atoms with E-state index in [1.165, 1.54) is 11.3 Å². The van der Waals surface area contributed by atoms with Crippen LogP contribution in [0.4, 0.5) is 0 Å². The summed E-state index contributed by atoms with van der Waals surface area (Å²) >= 11 is 4.67. The molecule has 1 aromatic carbocycles. The maximum absolute atomic E-state index is 11.8. The molecular formula is C13H9BrO3S. The van der Waals surface area contributed by atoms with Crippen LogP contribution in [-0.2, 0) is 0 Å². The zero-order valence-corrected chi connectivity index (χ0v) is 11.7. The Morgan fingerprint density at radius 1 is 1.33 bits per heavy atom. The van der Waals surface area contributed by atoms with Crippen molar-refractivity contribution in [1.82, 2.24) is 0 Å². The number of carbonyl (C=O) groups is 2. The van der Waals surface area contributed by atoms with E-state index in [1.807, 2.05) is 6.07 Å². The standard InChI is InChI=1S/C13H9BrO3S/c14-13-5-4-12(18-13)11(16)8-17-10-3-1-2-9(6-10)7-15/h1-7H,8H2. The second-order valence-corrected chi connectivity index (χ2v) is 5.97. The third-order valence-electron chi connectivity index (χ3n) is 2.21. The predicted octanol–water partition coefficient (Wildman–Crippen LogP) is 3.58. The van der Waals surface area contributed by atoms with Gasteiger partial charge in [-0.3, -0.25) is 9.59 Å². The number of hydrogen-bond donors (Lipinski definition) is 0. The Balaban J connectivity index is 1.99. The van der Waals surface area contributed by atoms with Gasteiger partial charge in [-0.25, -0.2) is 0 Å². The maximum atomic E-state index is 11.8. The molecule has 92 valence electrons. The Labute approximate surface area is 117 Å². The topological polar surface area (TPSA) is 43.4 Å². The second-order valence-electron chi connectivity index (χ2n) is 3.51. The van der Waals surface area contributed by atoms with E-state index in [0.717, 1.165) is 10.1 Å². The van der Waals surface area contributed by atoms with Crippen LogP contribution in [0.2, 0.25) is 0 Å². The fraction of sp³-hybridized carbons (Fsp3) is 0.0769. The Kier molecular flexibility index (Phi) is 4.28. The van der Waals surface area contributed by atoms with Crippen LogP contribution >= 0.6 is 27.3 Å². The molecule has 0 saturated carbocycles. The summed E-state index contributed by atoms with van der Waals surface area (Å²) in [4.78, 5) is 23.0. The van der Waals surface area contributed by atoms with Gasteiger partial charge in [-0.1, -0.05) is 12.1 Å². The van der Waals surface area contributed by atoms with E-state index in [9.17, 15) is 9.59 Å². The van der Waals surface area contributed by atoms with Crippen molar-refractivity contribution in [2.24, 2.45) is 0 Å². The summed E-state index contributed by atoms with van der Waals surface area (Å²) in [5.41, 5.74) is 0.527. The first-order valence-electron chi connectivity index (χ1n) is 5.15. The SMILES string of the molecule is O=Cc1cccc(OCC(=O)c2ccc(Br)s2)c1. The number of Topliss-reactive ketones (excluding diaryl/α,β-unsaturated/α-hetero) is 1. The van der Waals surface area contributed by atoms with Crippen LogP contribution < -0.4 is 4.74 Å². The first-order valence-corrected chi connectivity index (χ1v) is 6.76. The van der Waals surface area contributed by atoms with Crippen LogP contribution in [-0.4, -0.2) is 18.7 Å². The molecule has 0 bridgehead atoms. The van der Waals surface area contributed by atoms with Crippen molar-refractivity contribution >= 4 is 39.3 Å². The molecule has 0 aliphatic carbocycles. The molecule has 0 fully saturated rings. The van der Waals surface area contributed by atoms with Gasteiger partial charge >= 0.3 is 0 Å². The number of ketones is 1. The van der Waals surface area contributed by atoms with Crippen molar-refractivity contribution in [3.8, 4) is 5.75 Å². The summed E-state index contributed by atoms with van der Waals surface area (Å²) in [6.07, 6.45) is 0.741. The van der Waals surface area contributed by atoms with Gasteiger partial charge in [0.1, 0.15) is 12.0 Å². The van der Waals surface area contributed by atoms with E-state index in [-0.39, 0.29) is 12.4 Å². The third kappa shape index (κ3) is 3.27. The molecule has 0 N–H and O–H groups in total. The van der Waals surface area contributed by atoms with Gasteiger partial charge in [-0.15, -0.1) is 11.3 Å². The molecule has 18 heavy (non-hydrogen) atoms. The van der Waals surface area contributed by atoms with E-state index in [1.54, 1.807) is 30.3 Å². The van der Waals surface area contributed by atoms with Gasteiger partial charge < -0.3 is 4.74 Å². The molecule has 0 atom stereocenters. The lowest BCUT2D eigenvalue weighted by Crippen LogP contribution is -2.10. The molecule has 0 amide bonds. The quantitative estimate of drug-likeness (QED) is 0.623.